The normalized spacial score (nSPS) is 11.9. The highest BCUT2D eigenvalue weighted by atomic mass is 35.5. The van der Waals surface area contributed by atoms with Gasteiger partial charge in [0.15, 0.2) is 4.96 Å². The Kier molecular flexibility index (Phi) is 4.48. The van der Waals surface area contributed by atoms with Crippen molar-refractivity contribution in [1.82, 2.24) is 9.38 Å². The molecule has 0 spiro atoms. The number of hydrogen-bond donors (Lipinski definition) is 1. The van der Waals surface area contributed by atoms with Crippen LogP contribution < -0.4 is 10.9 Å². The third kappa shape index (κ3) is 3.30. The Morgan fingerprint density at radius 1 is 1.14 bits per heavy atom. The van der Waals surface area contributed by atoms with E-state index in [1.54, 1.807) is 30.3 Å². The lowest BCUT2D eigenvalue weighted by molar-refractivity contribution is 0.102. The average molecular weight is 412 g/mol. The van der Waals surface area contributed by atoms with Crippen molar-refractivity contribution in [2.45, 2.75) is 26.2 Å². The summed E-state index contributed by atoms with van der Waals surface area (Å²) in [5, 5.41) is 3.28. The molecule has 4 rings (SSSR count). The summed E-state index contributed by atoms with van der Waals surface area (Å²) in [5.41, 5.74) is 2.16. The van der Waals surface area contributed by atoms with Crippen LogP contribution in [-0.4, -0.2) is 15.3 Å². The van der Waals surface area contributed by atoms with Crippen LogP contribution >= 0.6 is 22.9 Å². The van der Waals surface area contributed by atoms with Crippen molar-refractivity contribution in [3.05, 3.63) is 75.2 Å². The van der Waals surface area contributed by atoms with Crippen LogP contribution in [0.5, 0.6) is 0 Å². The minimum Gasteiger partial charge on any atom is -0.316 e. The number of nitrogens with zero attached hydrogens (tertiary/aromatic N) is 2. The van der Waals surface area contributed by atoms with Crippen LogP contribution in [0.15, 0.2) is 53.5 Å². The predicted molar refractivity (Wildman–Crippen MR) is 115 cm³/mol. The van der Waals surface area contributed by atoms with Crippen LogP contribution in [0.3, 0.4) is 0 Å². The Bertz CT molecular complexity index is 1270. The summed E-state index contributed by atoms with van der Waals surface area (Å²) >= 11 is 7.41. The van der Waals surface area contributed by atoms with Gasteiger partial charge in [0.25, 0.3) is 11.5 Å². The zero-order valence-electron chi connectivity index (χ0n) is 15.6. The average Bonchev–Trinajstić information content (AvgIpc) is 3.01. The number of anilines is 1. The van der Waals surface area contributed by atoms with Crippen LogP contribution in [0.4, 0.5) is 5.69 Å². The molecule has 0 aliphatic carbocycles. The van der Waals surface area contributed by atoms with E-state index in [1.165, 1.54) is 21.9 Å². The van der Waals surface area contributed by atoms with Gasteiger partial charge in [-0.3, -0.25) is 9.59 Å². The molecule has 0 fully saturated rings. The number of amides is 1. The third-order valence-electron chi connectivity index (χ3n) is 4.55. The van der Waals surface area contributed by atoms with Gasteiger partial charge in [0, 0.05) is 10.6 Å². The Morgan fingerprint density at radius 2 is 1.86 bits per heavy atom. The fourth-order valence-electron chi connectivity index (χ4n) is 2.98. The fourth-order valence-corrected chi connectivity index (χ4v) is 4.24. The molecule has 28 heavy (non-hydrogen) atoms. The Balaban J connectivity index is 1.70. The highest BCUT2D eigenvalue weighted by Crippen LogP contribution is 2.27. The van der Waals surface area contributed by atoms with Gasteiger partial charge in [-0.1, -0.05) is 55.8 Å². The Morgan fingerprint density at radius 3 is 2.54 bits per heavy atom. The maximum absolute atomic E-state index is 12.9. The standard InChI is InChI=1S/C21H18ClN3O2S/c1-21(2,3)13-6-4-12(5-7-13)18(26)24-15-11-23-20-25(19(15)27)16-9-8-14(22)10-17(16)28-20/h4-11H,1-3H3,(H,24,26). The highest BCUT2D eigenvalue weighted by Gasteiger charge is 2.16. The summed E-state index contributed by atoms with van der Waals surface area (Å²) in [6.07, 6.45) is 1.40. The van der Waals surface area contributed by atoms with E-state index in [0.717, 1.165) is 10.3 Å². The lowest BCUT2D eigenvalue weighted by Crippen LogP contribution is -2.22. The van der Waals surface area contributed by atoms with Gasteiger partial charge in [-0.15, -0.1) is 0 Å². The molecular weight excluding hydrogens is 394 g/mol. The minimum atomic E-state index is -0.345. The summed E-state index contributed by atoms with van der Waals surface area (Å²) in [4.78, 5) is 30.4. The van der Waals surface area contributed by atoms with Crippen LogP contribution in [0.25, 0.3) is 15.2 Å². The van der Waals surface area contributed by atoms with Gasteiger partial charge in [-0.2, -0.15) is 0 Å². The largest absolute Gasteiger partial charge is 0.316 e. The number of carbonyl (C=O) groups is 1. The first-order valence-corrected chi connectivity index (χ1v) is 9.95. The van der Waals surface area contributed by atoms with Crippen molar-refractivity contribution >= 4 is 49.7 Å². The number of aromatic nitrogens is 2. The summed E-state index contributed by atoms with van der Waals surface area (Å²) in [6, 6.07) is 12.7. The lowest BCUT2D eigenvalue weighted by Gasteiger charge is -2.19. The van der Waals surface area contributed by atoms with Crippen molar-refractivity contribution in [2.75, 3.05) is 5.32 Å². The van der Waals surface area contributed by atoms with Gasteiger partial charge >= 0.3 is 0 Å². The second-order valence-electron chi connectivity index (χ2n) is 7.59. The molecule has 1 amide bonds. The highest BCUT2D eigenvalue weighted by molar-refractivity contribution is 7.23. The summed E-state index contributed by atoms with van der Waals surface area (Å²) in [6.45, 7) is 6.34. The molecule has 2 aromatic carbocycles. The molecule has 0 bridgehead atoms. The first kappa shape index (κ1) is 18.7. The first-order chi connectivity index (χ1) is 13.2. The number of thiazole rings is 1. The number of halogens is 1. The molecule has 0 unspecified atom stereocenters. The van der Waals surface area contributed by atoms with Gasteiger partial charge in [0.1, 0.15) is 5.69 Å². The van der Waals surface area contributed by atoms with Gasteiger partial charge < -0.3 is 5.32 Å². The van der Waals surface area contributed by atoms with Gasteiger partial charge in [-0.05, 0) is 41.3 Å². The molecule has 0 radical (unpaired) electrons. The number of carbonyl (C=O) groups excluding carboxylic acids is 1. The number of fused-ring (bicyclic) bond motifs is 3. The van der Waals surface area contributed by atoms with Gasteiger partial charge in [0.05, 0.1) is 16.4 Å². The van der Waals surface area contributed by atoms with Gasteiger partial charge in [-0.25, -0.2) is 9.38 Å². The molecule has 2 aromatic heterocycles. The molecule has 2 heterocycles. The zero-order chi connectivity index (χ0) is 20.1. The van der Waals surface area contributed by atoms with E-state index in [-0.39, 0.29) is 22.6 Å². The van der Waals surface area contributed by atoms with E-state index in [9.17, 15) is 9.59 Å². The van der Waals surface area contributed by atoms with Crippen molar-refractivity contribution in [2.24, 2.45) is 0 Å². The molecule has 142 valence electrons. The van der Waals surface area contributed by atoms with Crippen LogP contribution in [0.2, 0.25) is 5.02 Å². The molecule has 5 nitrogen and oxygen atoms in total. The summed E-state index contributed by atoms with van der Waals surface area (Å²) in [7, 11) is 0. The van der Waals surface area contributed by atoms with E-state index in [2.05, 4.69) is 31.1 Å². The molecule has 0 aliphatic rings. The number of benzene rings is 2. The van der Waals surface area contributed by atoms with E-state index >= 15 is 0 Å². The summed E-state index contributed by atoms with van der Waals surface area (Å²) in [5.74, 6) is -0.345. The van der Waals surface area contributed by atoms with Crippen molar-refractivity contribution in [1.29, 1.82) is 0 Å². The van der Waals surface area contributed by atoms with Crippen LogP contribution in [-0.2, 0) is 5.41 Å². The number of nitrogens with one attached hydrogen (secondary N) is 1. The molecule has 0 atom stereocenters. The van der Waals surface area contributed by atoms with Crippen molar-refractivity contribution in [3.8, 4) is 0 Å². The second-order valence-corrected chi connectivity index (χ2v) is 9.04. The number of rotatable bonds is 2. The molecule has 7 heteroatoms. The first-order valence-electron chi connectivity index (χ1n) is 8.76. The van der Waals surface area contributed by atoms with Crippen molar-refractivity contribution in [3.63, 3.8) is 0 Å². The maximum Gasteiger partial charge on any atom is 0.282 e. The monoisotopic (exact) mass is 411 g/mol. The Labute approximate surface area is 170 Å². The second kappa shape index (κ2) is 6.72. The SMILES string of the molecule is CC(C)(C)c1ccc(C(=O)Nc2cnc3sc4cc(Cl)ccc4n3c2=O)cc1. The van der Waals surface area contributed by atoms with E-state index < -0.39 is 0 Å². The third-order valence-corrected chi connectivity index (χ3v) is 5.81. The smallest absolute Gasteiger partial charge is 0.282 e. The molecule has 1 N–H and O–H groups in total. The van der Waals surface area contributed by atoms with E-state index in [0.29, 0.717) is 21.1 Å². The fraction of sp³-hybridized carbons (Fsp3) is 0.190. The van der Waals surface area contributed by atoms with E-state index in [4.69, 9.17) is 11.6 Å². The molecule has 0 aliphatic heterocycles. The summed E-state index contributed by atoms with van der Waals surface area (Å²) < 4.78 is 2.35. The molecule has 0 saturated carbocycles. The van der Waals surface area contributed by atoms with Crippen LogP contribution in [0.1, 0.15) is 36.7 Å². The molecular formula is C21H18ClN3O2S. The Hall–Kier alpha value is -2.70. The van der Waals surface area contributed by atoms with E-state index in [1.807, 2.05) is 12.1 Å². The topological polar surface area (TPSA) is 63.5 Å². The zero-order valence-corrected chi connectivity index (χ0v) is 17.2. The lowest BCUT2D eigenvalue weighted by atomic mass is 9.87. The van der Waals surface area contributed by atoms with Gasteiger partial charge in [0.2, 0.25) is 0 Å². The molecule has 4 aromatic rings. The maximum atomic E-state index is 12.9. The number of hydrogen-bond acceptors (Lipinski definition) is 4. The predicted octanol–water partition coefficient (Wildman–Crippen LogP) is 5.11. The minimum absolute atomic E-state index is 0.00565. The van der Waals surface area contributed by atoms with Crippen molar-refractivity contribution < 1.29 is 4.79 Å². The molecule has 0 saturated heterocycles. The van der Waals surface area contributed by atoms with Crippen LogP contribution in [0, 0.1) is 0 Å². The quantitative estimate of drug-likeness (QED) is 0.498.